The van der Waals surface area contributed by atoms with E-state index in [0.717, 1.165) is 33.1 Å². The van der Waals surface area contributed by atoms with E-state index in [2.05, 4.69) is 54.9 Å². The highest BCUT2D eigenvalue weighted by Crippen LogP contribution is 2.29. The van der Waals surface area contributed by atoms with Gasteiger partial charge in [-0.3, -0.25) is 14.9 Å². The molecule has 35 heavy (non-hydrogen) atoms. The van der Waals surface area contributed by atoms with E-state index in [1.54, 1.807) is 12.1 Å². The molecule has 0 spiro atoms. The molecule has 0 unspecified atom stereocenters. The van der Waals surface area contributed by atoms with E-state index in [9.17, 15) is 14.4 Å². The summed E-state index contributed by atoms with van der Waals surface area (Å²) in [5, 5.41) is 2.69. The number of aromatic nitrogens is 1. The van der Waals surface area contributed by atoms with E-state index in [0.29, 0.717) is 10.7 Å². The number of imide groups is 2. The van der Waals surface area contributed by atoms with Crippen molar-refractivity contribution in [3.8, 4) is 5.69 Å². The molecule has 0 aliphatic carbocycles. The lowest BCUT2D eigenvalue weighted by Gasteiger charge is -2.26. The Balaban J connectivity index is 1.73. The third-order valence-corrected chi connectivity index (χ3v) is 6.68. The van der Waals surface area contributed by atoms with Crippen molar-refractivity contribution in [2.45, 2.75) is 47.0 Å². The molecule has 0 saturated carbocycles. The largest absolute Gasteiger partial charge is 0.335 e. The van der Waals surface area contributed by atoms with Gasteiger partial charge in [0.15, 0.2) is 0 Å². The Morgan fingerprint density at radius 3 is 2.11 bits per heavy atom. The molecular weight excluding hydrogens is 462 g/mol. The summed E-state index contributed by atoms with van der Waals surface area (Å²) in [4.78, 5) is 39.4. The van der Waals surface area contributed by atoms with Gasteiger partial charge < -0.3 is 4.57 Å². The molecule has 1 fully saturated rings. The number of barbiturate groups is 1. The van der Waals surface area contributed by atoms with Crippen LogP contribution in [0.2, 0.25) is 5.02 Å². The molecule has 1 aliphatic rings. The number of amides is 4. The lowest BCUT2D eigenvalue weighted by Crippen LogP contribution is -2.54. The molecule has 4 rings (SSSR count). The van der Waals surface area contributed by atoms with Crippen molar-refractivity contribution in [2.75, 3.05) is 4.90 Å². The fraction of sp³-hybridized carbons (Fsp3) is 0.250. The summed E-state index contributed by atoms with van der Waals surface area (Å²) in [5.41, 5.74) is 5.82. The lowest BCUT2D eigenvalue weighted by molar-refractivity contribution is -0.122. The molecule has 1 saturated heterocycles. The molecule has 1 aliphatic heterocycles. The molecule has 0 atom stereocenters. The van der Waals surface area contributed by atoms with Gasteiger partial charge in [0.2, 0.25) is 0 Å². The maximum Gasteiger partial charge on any atom is 0.335 e. The van der Waals surface area contributed by atoms with Crippen LogP contribution in [0, 0.1) is 20.8 Å². The van der Waals surface area contributed by atoms with E-state index >= 15 is 0 Å². The number of carbonyl (C=O) groups excluding carboxylic acids is 3. The number of nitrogens with one attached hydrogen (secondary N) is 1. The standard InChI is InChI=1S/C28H28ClN3O3/c1-16-7-10-22(15-24(16)29)32-26(34)23(25(33)30-27(32)35)14-19-13-17(2)31(18(19)3)21-11-8-20(9-12-21)28(4,5)6/h7-15H,1-6H3,(H,30,33,35)/b23-14-. The van der Waals surface area contributed by atoms with Crippen molar-refractivity contribution < 1.29 is 14.4 Å². The number of benzene rings is 2. The van der Waals surface area contributed by atoms with Gasteiger partial charge in [0.25, 0.3) is 11.8 Å². The van der Waals surface area contributed by atoms with Crippen molar-refractivity contribution in [2.24, 2.45) is 0 Å². The molecule has 2 heterocycles. The van der Waals surface area contributed by atoms with Gasteiger partial charge in [0.1, 0.15) is 5.57 Å². The second kappa shape index (κ2) is 8.86. The van der Waals surface area contributed by atoms with Gasteiger partial charge in [-0.05, 0) is 79.3 Å². The number of rotatable bonds is 3. The molecule has 2 aromatic carbocycles. The van der Waals surface area contributed by atoms with Crippen LogP contribution in [-0.2, 0) is 15.0 Å². The summed E-state index contributed by atoms with van der Waals surface area (Å²) in [7, 11) is 0. The van der Waals surface area contributed by atoms with E-state index < -0.39 is 17.8 Å². The van der Waals surface area contributed by atoms with Gasteiger partial charge >= 0.3 is 6.03 Å². The number of hydrogen-bond donors (Lipinski definition) is 1. The Kier molecular flexibility index (Phi) is 6.20. The molecule has 7 heteroatoms. The minimum Gasteiger partial charge on any atom is -0.318 e. The fourth-order valence-corrected chi connectivity index (χ4v) is 4.38. The van der Waals surface area contributed by atoms with Gasteiger partial charge in [-0.2, -0.15) is 0 Å². The Morgan fingerprint density at radius 1 is 0.886 bits per heavy atom. The van der Waals surface area contributed by atoms with Crippen LogP contribution < -0.4 is 10.2 Å². The van der Waals surface area contributed by atoms with Crippen molar-refractivity contribution in [3.63, 3.8) is 0 Å². The summed E-state index contributed by atoms with van der Waals surface area (Å²) in [6.45, 7) is 12.2. The van der Waals surface area contributed by atoms with Crippen molar-refractivity contribution in [3.05, 3.63) is 87.2 Å². The van der Waals surface area contributed by atoms with Crippen LogP contribution in [0.15, 0.2) is 54.1 Å². The van der Waals surface area contributed by atoms with Crippen LogP contribution >= 0.6 is 11.6 Å². The Bertz CT molecular complexity index is 1390. The Hall–Kier alpha value is -3.64. The van der Waals surface area contributed by atoms with Gasteiger partial charge in [-0.15, -0.1) is 0 Å². The average Bonchev–Trinajstić information content (AvgIpc) is 3.05. The monoisotopic (exact) mass is 489 g/mol. The zero-order valence-electron chi connectivity index (χ0n) is 20.7. The van der Waals surface area contributed by atoms with Gasteiger partial charge in [0.05, 0.1) is 5.69 Å². The average molecular weight is 490 g/mol. The van der Waals surface area contributed by atoms with E-state index in [4.69, 9.17) is 11.6 Å². The highest BCUT2D eigenvalue weighted by molar-refractivity contribution is 6.39. The molecule has 1 aromatic heterocycles. The number of anilines is 1. The third-order valence-electron chi connectivity index (χ3n) is 6.28. The van der Waals surface area contributed by atoms with Crippen LogP contribution in [0.25, 0.3) is 11.8 Å². The van der Waals surface area contributed by atoms with Crippen molar-refractivity contribution >= 4 is 41.2 Å². The second-order valence-electron chi connectivity index (χ2n) is 9.85. The van der Waals surface area contributed by atoms with Crippen LogP contribution in [0.4, 0.5) is 10.5 Å². The minimum absolute atomic E-state index is 0.0502. The smallest absolute Gasteiger partial charge is 0.318 e. The van der Waals surface area contributed by atoms with Crippen LogP contribution in [0.3, 0.4) is 0 Å². The summed E-state index contributed by atoms with van der Waals surface area (Å²) in [6, 6.07) is 14.4. The summed E-state index contributed by atoms with van der Waals surface area (Å²) >= 11 is 6.20. The quantitative estimate of drug-likeness (QED) is 0.361. The number of urea groups is 1. The zero-order chi connectivity index (χ0) is 25.7. The van der Waals surface area contributed by atoms with Gasteiger partial charge in [0, 0.05) is 22.1 Å². The Labute approximate surface area is 210 Å². The van der Waals surface area contributed by atoms with E-state index in [1.165, 1.54) is 17.7 Å². The number of hydrogen-bond acceptors (Lipinski definition) is 3. The zero-order valence-corrected chi connectivity index (χ0v) is 21.4. The maximum absolute atomic E-state index is 13.3. The first kappa shape index (κ1) is 24.5. The summed E-state index contributed by atoms with van der Waals surface area (Å²) < 4.78 is 2.08. The summed E-state index contributed by atoms with van der Waals surface area (Å²) in [5.74, 6) is -1.42. The van der Waals surface area contributed by atoms with Gasteiger partial charge in [-0.1, -0.05) is 50.6 Å². The number of nitrogens with zero attached hydrogens (tertiary/aromatic N) is 2. The lowest BCUT2D eigenvalue weighted by atomic mass is 9.87. The minimum atomic E-state index is -0.804. The highest BCUT2D eigenvalue weighted by atomic mass is 35.5. The Morgan fingerprint density at radius 2 is 1.51 bits per heavy atom. The van der Waals surface area contributed by atoms with Gasteiger partial charge in [-0.25, -0.2) is 9.69 Å². The second-order valence-corrected chi connectivity index (χ2v) is 10.3. The first-order valence-corrected chi connectivity index (χ1v) is 11.7. The van der Waals surface area contributed by atoms with Crippen LogP contribution in [0.1, 0.15) is 48.8 Å². The van der Waals surface area contributed by atoms with Crippen molar-refractivity contribution in [1.29, 1.82) is 0 Å². The van der Waals surface area contributed by atoms with Crippen molar-refractivity contribution in [1.82, 2.24) is 9.88 Å². The predicted octanol–water partition coefficient (Wildman–Crippen LogP) is 6.02. The third kappa shape index (κ3) is 4.54. The molecule has 180 valence electrons. The van der Waals surface area contributed by atoms with Crippen LogP contribution in [0.5, 0.6) is 0 Å². The molecule has 0 bridgehead atoms. The number of halogens is 1. The number of aryl methyl sites for hydroxylation is 2. The van der Waals surface area contributed by atoms with E-state index in [-0.39, 0.29) is 11.0 Å². The molecule has 6 nitrogen and oxygen atoms in total. The number of carbonyl (C=O) groups is 3. The maximum atomic E-state index is 13.3. The SMILES string of the molecule is Cc1ccc(N2C(=O)NC(=O)/C(=C/c3cc(C)n(-c4ccc(C(C)(C)C)cc4)c3C)C2=O)cc1Cl. The molecule has 1 N–H and O–H groups in total. The first-order chi connectivity index (χ1) is 16.4. The summed E-state index contributed by atoms with van der Waals surface area (Å²) in [6.07, 6.45) is 1.54. The molecule has 3 aromatic rings. The normalized spacial score (nSPS) is 15.7. The van der Waals surface area contributed by atoms with Crippen LogP contribution in [-0.4, -0.2) is 22.4 Å². The molecule has 4 amide bonds. The highest BCUT2D eigenvalue weighted by Gasteiger charge is 2.37. The topological polar surface area (TPSA) is 71.4 Å². The fourth-order valence-electron chi connectivity index (χ4n) is 4.21. The first-order valence-electron chi connectivity index (χ1n) is 11.4. The predicted molar refractivity (Wildman–Crippen MR) is 139 cm³/mol. The molecule has 0 radical (unpaired) electrons. The molecular formula is C28H28ClN3O3. The van der Waals surface area contributed by atoms with E-state index in [1.807, 2.05) is 26.8 Å².